The number of aromatic amines is 1. The average Bonchev–Trinajstić information content (AvgIpc) is 3.18. The number of halogens is 1. The molecule has 1 aromatic carbocycles. The van der Waals surface area contributed by atoms with Crippen LogP contribution in [0.3, 0.4) is 0 Å². The normalized spacial score (nSPS) is 24.0. The summed E-state index contributed by atoms with van der Waals surface area (Å²) < 4.78 is 36.8. The van der Waals surface area contributed by atoms with Gasteiger partial charge in [-0.3, -0.25) is 9.59 Å². The van der Waals surface area contributed by atoms with Gasteiger partial charge in [0.2, 0.25) is 0 Å². The van der Waals surface area contributed by atoms with Crippen molar-refractivity contribution in [3.05, 3.63) is 52.1 Å². The number of aromatic nitrogens is 1. The number of carbonyl (C=O) groups is 2. The number of nitrogens with two attached hydrogens (primary N) is 1. The van der Waals surface area contributed by atoms with Crippen LogP contribution < -0.4 is 16.0 Å². The fraction of sp³-hybridized carbons (Fsp3) is 0.417. The van der Waals surface area contributed by atoms with Crippen LogP contribution in [0.5, 0.6) is 0 Å². The molecule has 2 aliphatic rings. The van der Waals surface area contributed by atoms with Crippen molar-refractivity contribution in [2.75, 3.05) is 18.4 Å². The molecule has 4 N–H and O–H groups in total. The van der Waals surface area contributed by atoms with Crippen LogP contribution in [-0.4, -0.2) is 36.4 Å². The number of aryl methyl sites for hydroxylation is 2. The molecule has 1 saturated carbocycles. The van der Waals surface area contributed by atoms with E-state index in [1.807, 2.05) is 25.2 Å². The Bertz CT molecular complexity index is 1160. The molecular formula is C24H29FN4O2. The largest absolute Gasteiger partial charge is 0.359 e. The second-order valence-corrected chi connectivity index (χ2v) is 8.61. The average molecular weight is 428 g/mol. The van der Waals surface area contributed by atoms with Crippen LogP contribution in [0.2, 0.25) is 0 Å². The van der Waals surface area contributed by atoms with E-state index in [-0.39, 0.29) is 17.9 Å². The monoisotopic (exact) mass is 427 g/mol. The third-order valence-electron chi connectivity index (χ3n) is 6.31. The molecule has 2 aromatic rings. The lowest BCUT2D eigenvalue weighted by molar-refractivity contribution is -0.113. The highest BCUT2D eigenvalue weighted by Crippen LogP contribution is 2.41. The van der Waals surface area contributed by atoms with Gasteiger partial charge >= 0.3 is 0 Å². The van der Waals surface area contributed by atoms with Crippen LogP contribution in [0.25, 0.3) is 11.6 Å². The summed E-state index contributed by atoms with van der Waals surface area (Å²) in [4.78, 5) is 30.8. The lowest BCUT2D eigenvalue weighted by Gasteiger charge is -2.30. The Hall–Kier alpha value is -2.93. The van der Waals surface area contributed by atoms with Crippen molar-refractivity contribution in [1.82, 2.24) is 10.3 Å². The SMILES string of the molecule is [2H]C([2H])([2H])NC(=O)c1cc2c(cc1F)/C(=C/c1[nH]c(C)cc1C)C(=O)N2CC1CCC(N)CC1. The van der Waals surface area contributed by atoms with Gasteiger partial charge in [-0.2, -0.15) is 0 Å². The molecule has 1 aliphatic heterocycles. The maximum absolute atomic E-state index is 15.0. The number of nitrogens with one attached hydrogen (secondary N) is 2. The molecule has 1 aliphatic carbocycles. The Labute approximate surface area is 185 Å². The summed E-state index contributed by atoms with van der Waals surface area (Å²) in [6, 6.07) is 4.55. The van der Waals surface area contributed by atoms with E-state index >= 15 is 0 Å². The second kappa shape index (κ2) is 8.30. The third kappa shape index (κ3) is 4.02. The minimum absolute atomic E-state index is 0.164. The van der Waals surface area contributed by atoms with Gasteiger partial charge in [-0.15, -0.1) is 0 Å². The number of H-pyrrole nitrogens is 1. The van der Waals surface area contributed by atoms with Crippen LogP contribution in [0.15, 0.2) is 18.2 Å². The fourth-order valence-electron chi connectivity index (χ4n) is 4.61. The van der Waals surface area contributed by atoms with Crippen molar-refractivity contribution in [2.24, 2.45) is 11.7 Å². The third-order valence-corrected chi connectivity index (χ3v) is 6.31. The molecule has 2 amide bonds. The molecule has 31 heavy (non-hydrogen) atoms. The lowest BCUT2D eigenvalue weighted by atomic mass is 9.86. The van der Waals surface area contributed by atoms with E-state index in [2.05, 4.69) is 4.98 Å². The Morgan fingerprint density at radius 3 is 2.71 bits per heavy atom. The van der Waals surface area contributed by atoms with Crippen LogP contribution in [-0.2, 0) is 4.79 Å². The summed E-state index contributed by atoms with van der Waals surface area (Å²) in [6.45, 7) is 1.49. The number of anilines is 1. The first-order chi connectivity index (χ1) is 15.9. The molecule has 1 aromatic heterocycles. The lowest BCUT2D eigenvalue weighted by Crippen LogP contribution is -2.36. The molecule has 0 saturated heterocycles. The highest BCUT2D eigenvalue weighted by Gasteiger charge is 2.36. The molecule has 4 rings (SSSR count). The van der Waals surface area contributed by atoms with E-state index in [1.54, 1.807) is 11.0 Å². The van der Waals surface area contributed by atoms with Crippen molar-refractivity contribution in [3.8, 4) is 0 Å². The maximum Gasteiger partial charge on any atom is 0.259 e. The topological polar surface area (TPSA) is 91.2 Å². The molecule has 1 fully saturated rings. The number of nitrogens with zero attached hydrogens (tertiary/aromatic N) is 1. The molecule has 6 nitrogen and oxygen atoms in total. The Kier molecular flexibility index (Phi) is 4.75. The number of amides is 2. The molecule has 0 unspecified atom stereocenters. The predicted molar refractivity (Wildman–Crippen MR) is 120 cm³/mol. The predicted octanol–water partition coefficient (Wildman–Crippen LogP) is 3.53. The quantitative estimate of drug-likeness (QED) is 0.652. The first-order valence-electron chi connectivity index (χ1n) is 12.0. The highest BCUT2D eigenvalue weighted by molar-refractivity contribution is 6.36. The van der Waals surface area contributed by atoms with Gasteiger partial charge in [0.1, 0.15) is 5.82 Å². The number of hydrogen-bond acceptors (Lipinski definition) is 3. The smallest absolute Gasteiger partial charge is 0.259 e. The summed E-state index contributed by atoms with van der Waals surface area (Å²) in [5.41, 5.74) is 9.38. The van der Waals surface area contributed by atoms with Crippen molar-refractivity contribution in [1.29, 1.82) is 0 Å². The van der Waals surface area contributed by atoms with Gasteiger partial charge in [0, 0.05) is 40.6 Å². The Balaban J connectivity index is 1.77. The Morgan fingerprint density at radius 1 is 1.32 bits per heavy atom. The van der Waals surface area contributed by atoms with Crippen molar-refractivity contribution >= 4 is 29.2 Å². The molecule has 7 heteroatoms. The van der Waals surface area contributed by atoms with E-state index in [0.717, 1.165) is 48.7 Å². The summed E-state index contributed by atoms with van der Waals surface area (Å²) >= 11 is 0. The summed E-state index contributed by atoms with van der Waals surface area (Å²) in [5.74, 6) is -1.98. The zero-order chi connectivity index (χ0) is 24.8. The van der Waals surface area contributed by atoms with E-state index < -0.39 is 24.3 Å². The molecular weight excluding hydrogens is 395 g/mol. The van der Waals surface area contributed by atoms with Crippen molar-refractivity contribution in [2.45, 2.75) is 45.6 Å². The van der Waals surface area contributed by atoms with Gasteiger partial charge < -0.3 is 20.9 Å². The van der Waals surface area contributed by atoms with Gasteiger partial charge in [-0.25, -0.2) is 4.39 Å². The molecule has 0 spiro atoms. The summed E-state index contributed by atoms with van der Waals surface area (Å²) in [5, 5.41) is 1.83. The maximum atomic E-state index is 15.0. The van der Waals surface area contributed by atoms with Gasteiger partial charge in [-0.05, 0) is 75.3 Å². The van der Waals surface area contributed by atoms with Gasteiger partial charge in [0.05, 0.1) is 16.8 Å². The Morgan fingerprint density at radius 2 is 2.06 bits per heavy atom. The molecule has 2 heterocycles. The second-order valence-electron chi connectivity index (χ2n) is 8.61. The first-order valence-corrected chi connectivity index (χ1v) is 10.5. The fourth-order valence-corrected chi connectivity index (χ4v) is 4.61. The highest BCUT2D eigenvalue weighted by atomic mass is 19.1. The molecule has 0 bridgehead atoms. The van der Waals surface area contributed by atoms with Gasteiger partial charge in [0.25, 0.3) is 11.8 Å². The van der Waals surface area contributed by atoms with E-state index in [0.29, 0.717) is 23.4 Å². The summed E-state index contributed by atoms with van der Waals surface area (Å²) in [6.07, 6.45) is 5.21. The van der Waals surface area contributed by atoms with Crippen LogP contribution in [0.1, 0.15) is 62.7 Å². The van der Waals surface area contributed by atoms with Crippen LogP contribution in [0, 0.1) is 25.6 Å². The number of rotatable bonds is 4. The molecule has 0 radical (unpaired) electrons. The number of carbonyl (C=O) groups excluding carboxylic acids is 2. The van der Waals surface area contributed by atoms with Crippen LogP contribution in [0.4, 0.5) is 10.1 Å². The van der Waals surface area contributed by atoms with E-state index in [4.69, 9.17) is 9.85 Å². The zero-order valence-corrected chi connectivity index (χ0v) is 17.7. The number of benzene rings is 1. The number of fused-ring (bicyclic) bond motifs is 1. The minimum atomic E-state index is -2.76. The van der Waals surface area contributed by atoms with Gasteiger partial charge in [0.15, 0.2) is 0 Å². The minimum Gasteiger partial charge on any atom is -0.359 e. The zero-order valence-electron chi connectivity index (χ0n) is 20.7. The van der Waals surface area contributed by atoms with Gasteiger partial charge in [-0.1, -0.05) is 0 Å². The van der Waals surface area contributed by atoms with Crippen LogP contribution >= 0.6 is 0 Å². The van der Waals surface area contributed by atoms with Crippen molar-refractivity contribution in [3.63, 3.8) is 0 Å². The van der Waals surface area contributed by atoms with Crippen molar-refractivity contribution < 1.29 is 18.1 Å². The van der Waals surface area contributed by atoms with E-state index in [9.17, 15) is 14.0 Å². The standard InChI is InChI=1S/C24H29FN4O2/c1-13-8-14(2)28-21(13)10-18-17-9-20(25)19(23(30)27-3)11-22(17)29(24(18)31)12-15-4-6-16(26)7-5-15/h8-11,15-16,28H,4-7,12,26H2,1-3H3,(H,27,30)/b18-10-/i3D3. The number of hydrogen-bond donors (Lipinski definition) is 3. The summed E-state index contributed by atoms with van der Waals surface area (Å²) in [7, 11) is 0. The molecule has 0 atom stereocenters. The van der Waals surface area contributed by atoms with E-state index in [1.165, 1.54) is 6.07 Å². The first kappa shape index (κ1) is 17.7. The molecule has 164 valence electrons.